The maximum atomic E-state index is 6.11. The van der Waals surface area contributed by atoms with Crippen molar-refractivity contribution in [2.45, 2.75) is 96.1 Å². The Bertz CT molecular complexity index is 841. The van der Waals surface area contributed by atoms with E-state index in [-0.39, 0.29) is 0 Å². The summed E-state index contributed by atoms with van der Waals surface area (Å²) >= 11 is 6.11. The second-order valence-corrected chi connectivity index (χ2v) is 12.2. The first-order valence-electron chi connectivity index (χ1n) is 14.6. The van der Waals surface area contributed by atoms with E-state index in [1.807, 2.05) is 0 Å². The highest BCUT2D eigenvalue weighted by atomic mass is 32.1. The van der Waals surface area contributed by atoms with Gasteiger partial charge in [-0.25, -0.2) is 0 Å². The minimum absolute atomic E-state index is 0.410. The summed E-state index contributed by atoms with van der Waals surface area (Å²) in [5.41, 5.74) is 1.42. The zero-order chi connectivity index (χ0) is 24.0. The van der Waals surface area contributed by atoms with E-state index >= 15 is 0 Å². The molecule has 0 spiro atoms. The number of unbranched alkanes of at least 4 members (excludes halogenated alkanes) is 1. The summed E-state index contributed by atoms with van der Waals surface area (Å²) in [4.78, 5) is 9.93. The van der Waals surface area contributed by atoms with Gasteiger partial charge in [-0.3, -0.25) is 4.99 Å². The second-order valence-electron chi connectivity index (χ2n) is 11.8. The van der Waals surface area contributed by atoms with Crippen molar-refractivity contribution < 1.29 is 0 Å². The number of rotatable bonds is 9. The van der Waals surface area contributed by atoms with Crippen LogP contribution in [0.2, 0.25) is 0 Å². The number of hydrogen-bond acceptors (Lipinski definition) is 3. The van der Waals surface area contributed by atoms with Crippen LogP contribution in [0, 0.1) is 17.8 Å². The molecule has 5 heteroatoms. The van der Waals surface area contributed by atoms with Gasteiger partial charge in [0.15, 0.2) is 5.11 Å². The van der Waals surface area contributed by atoms with Crippen LogP contribution in [-0.4, -0.2) is 53.0 Å². The molecular weight excluding hydrogens is 448 g/mol. The fraction of sp³-hybridized carbons (Fsp3) is 0.733. The molecular formula is C30H46N4S. The lowest BCUT2D eigenvalue weighted by atomic mass is 9.82. The second kappa shape index (κ2) is 12.1. The number of amidine groups is 1. The topological polar surface area (TPSA) is 30.9 Å². The summed E-state index contributed by atoms with van der Waals surface area (Å²) < 4.78 is 0. The van der Waals surface area contributed by atoms with Gasteiger partial charge in [0.2, 0.25) is 0 Å². The Labute approximate surface area is 218 Å². The lowest BCUT2D eigenvalue weighted by Crippen LogP contribution is -2.42. The Morgan fingerprint density at radius 3 is 2.51 bits per heavy atom. The molecule has 4 aliphatic rings. The molecule has 2 aliphatic heterocycles. The third-order valence-electron chi connectivity index (χ3n) is 9.14. The highest BCUT2D eigenvalue weighted by molar-refractivity contribution is 7.80. The quantitative estimate of drug-likeness (QED) is 0.310. The van der Waals surface area contributed by atoms with Crippen molar-refractivity contribution in [3.63, 3.8) is 0 Å². The van der Waals surface area contributed by atoms with E-state index in [9.17, 15) is 0 Å². The van der Waals surface area contributed by atoms with E-state index in [1.165, 1.54) is 88.4 Å². The van der Waals surface area contributed by atoms with Crippen LogP contribution < -0.4 is 5.32 Å². The summed E-state index contributed by atoms with van der Waals surface area (Å²) in [6.45, 7) is 6.71. The molecule has 2 aliphatic carbocycles. The van der Waals surface area contributed by atoms with E-state index in [4.69, 9.17) is 17.2 Å². The molecule has 0 radical (unpaired) electrons. The van der Waals surface area contributed by atoms with Crippen LogP contribution in [0.4, 0.5) is 0 Å². The molecule has 2 saturated carbocycles. The molecule has 3 fully saturated rings. The minimum atomic E-state index is 0.410. The van der Waals surface area contributed by atoms with Crippen molar-refractivity contribution in [2.24, 2.45) is 22.7 Å². The Morgan fingerprint density at radius 1 is 0.971 bits per heavy atom. The molecule has 35 heavy (non-hydrogen) atoms. The molecule has 1 saturated heterocycles. The predicted molar refractivity (Wildman–Crippen MR) is 151 cm³/mol. The monoisotopic (exact) mass is 494 g/mol. The first-order valence-corrected chi connectivity index (χ1v) is 15.0. The molecule has 4 nitrogen and oxygen atoms in total. The number of nitrogens with zero attached hydrogens (tertiary/aromatic N) is 3. The first-order chi connectivity index (χ1) is 17.2. The summed E-state index contributed by atoms with van der Waals surface area (Å²) in [5, 5.41) is 4.92. The number of nitrogens with one attached hydrogen (secondary N) is 1. The first kappa shape index (κ1) is 25.0. The molecule has 1 aromatic carbocycles. The van der Waals surface area contributed by atoms with Crippen LogP contribution in [0.15, 0.2) is 35.3 Å². The molecule has 2 atom stereocenters. The summed E-state index contributed by atoms with van der Waals surface area (Å²) in [5.74, 6) is 3.74. The zero-order valence-corrected chi connectivity index (χ0v) is 22.7. The lowest BCUT2D eigenvalue weighted by Gasteiger charge is -2.33. The molecule has 1 N–H and O–H groups in total. The lowest BCUT2D eigenvalue weighted by molar-refractivity contribution is 0.223. The van der Waals surface area contributed by atoms with Crippen LogP contribution in [0.5, 0.6) is 0 Å². The van der Waals surface area contributed by atoms with Crippen molar-refractivity contribution in [3.8, 4) is 0 Å². The van der Waals surface area contributed by atoms with Gasteiger partial charge in [-0.1, -0.05) is 62.9 Å². The van der Waals surface area contributed by atoms with E-state index in [1.54, 1.807) is 0 Å². The van der Waals surface area contributed by atoms with E-state index in [0.29, 0.717) is 18.0 Å². The average Bonchev–Trinajstić information content (AvgIpc) is 3.53. The van der Waals surface area contributed by atoms with Crippen LogP contribution in [0.1, 0.15) is 95.6 Å². The summed E-state index contributed by atoms with van der Waals surface area (Å²) in [6.07, 6.45) is 15.9. The van der Waals surface area contributed by atoms with Gasteiger partial charge < -0.3 is 15.1 Å². The molecule has 0 unspecified atom stereocenters. The van der Waals surface area contributed by atoms with Crippen LogP contribution >= 0.6 is 12.2 Å². The molecule has 1 aromatic rings. The van der Waals surface area contributed by atoms with Gasteiger partial charge in [-0.2, -0.15) is 0 Å². The zero-order valence-electron chi connectivity index (χ0n) is 21.8. The largest absolute Gasteiger partial charge is 0.371 e. The molecule has 2 heterocycles. The number of hydrogen-bond donors (Lipinski definition) is 1. The number of benzene rings is 1. The van der Waals surface area contributed by atoms with E-state index in [0.717, 1.165) is 43.1 Å². The van der Waals surface area contributed by atoms with E-state index in [2.05, 4.69) is 52.4 Å². The van der Waals surface area contributed by atoms with Crippen LogP contribution in [0.3, 0.4) is 0 Å². The van der Waals surface area contributed by atoms with Crippen molar-refractivity contribution in [3.05, 3.63) is 35.9 Å². The molecule has 5 rings (SSSR count). The van der Waals surface area contributed by atoms with Gasteiger partial charge >= 0.3 is 0 Å². The average molecular weight is 495 g/mol. The Morgan fingerprint density at radius 2 is 1.74 bits per heavy atom. The normalized spacial score (nSPS) is 30.0. The molecule has 0 aromatic heterocycles. The van der Waals surface area contributed by atoms with Gasteiger partial charge in [-0.15, -0.1) is 0 Å². The van der Waals surface area contributed by atoms with E-state index < -0.39 is 0 Å². The van der Waals surface area contributed by atoms with Crippen LogP contribution in [0.25, 0.3) is 0 Å². The van der Waals surface area contributed by atoms with Gasteiger partial charge in [0.25, 0.3) is 0 Å². The fourth-order valence-corrected chi connectivity index (χ4v) is 7.23. The number of thiocarbonyl (C=S) groups is 1. The van der Waals surface area contributed by atoms with Gasteiger partial charge in [0.05, 0.1) is 11.9 Å². The van der Waals surface area contributed by atoms with Crippen LogP contribution in [-0.2, 0) is 0 Å². The SMILES string of the molecule is CC1CCC(CN2C(=S)N(CCCC[C@H]3CCN=C(C4CCCC4)N3)C[C@H]2c2ccccc2)CC1. The predicted octanol–water partition coefficient (Wildman–Crippen LogP) is 6.58. The molecule has 0 amide bonds. The highest BCUT2D eigenvalue weighted by Gasteiger charge is 2.36. The minimum Gasteiger partial charge on any atom is -0.371 e. The summed E-state index contributed by atoms with van der Waals surface area (Å²) in [6, 6.07) is 12.1. The number of aliphatic imine (C=N–C) groups is 1. The van der Waals surface area contributed by atoms with Crippen molar-refractivity contribution in [2.75, 3.05) is 26.2 Å². The highest BCUT2D eigenvalue weighted by Crippen LogP contribution is 2.35. The fourth-order valence-electron chi connectivity index (χ4n) is 6.87. The maximum Gasteiger partial charge on any atom is 0.172 e. The van der Waals surface area contributed by atoms with Gasteiger partial charge in [0, 0.05) is 38.1 Å². The smallest absolute Gasteiger partial charge is 0.172 e. The summed E-state index contributed by atoms with van der Waals surface area (Å²) in [7, 11) is 0. The third-order valence-corrected chi connectivity index (χ3v) is 9.64. The van der Waals surface area contributed by atoms with Gasteiger partial charge in [-0.05, 0) is 81.0 Å². The Balaban J connectivity index is 1.12. The Kier molecular flexibility index (Phi) is 8.64. The molecule has 0 bridgehead atoms. The van der Waals surface area contributed by atoms with Crippen molar-refractivity contribution in [1.82, 2.24) is 15.1 Å². The molecule has 192 valence electrons. The van der Waals surface area contributed by atoms with Crippen molar-refractivity contribution >= 4 is 23.2 Å². The maximum absolute atomic E-state index is 6.11. The Hall–Kier alpha value is -1.62. The van der Waals surface area contributed by atoms with Crippen molar-refractivity contribution in [1.29, 1.82) is 0 Å². The van der Waals surface area contributed by atoms with Gasteiger partial charge in [0.1, 0.15) is 0 Å². The standard InChI is InChI=1S/C30H46N4S/c1-23-14-16-24(17-15-23)21-34-28(25-9-3-2-4-10-25)22-33(30(34)35)20-8-7-13-27-18-19-31-29(32-27)26-11-5-6-12-26/h2-4,9-10,23-24,26-28H,5-8,11-22H2,1H3,(H,31,32)/t23?,24?,27-,28-/m0/s1. The third kappa shape index (κ3) is 6.39.